The normalized spacial score (nSPS) is 11.1. The molecule has 0 aliphatic carbocycles. The number of nitrogens with zero attached hydrogens (tertiary/aromatic N) is 3. The number of hydrogen-bond donors (Lipinski definition) is 1. The van der Waals surface area contributed by atoms with Gasteiger partial charge in [0.1, 0.15) is 11.6 Å². The zero-order valence-electron chi connectivity index (χ0n) is 12.1. The van der Waals surface area contributed by atoms with Gasteiger partial charge in [0, 0.05) is 18.3 Å². The average Bonchev–Trinajstić information content (AvgIpc) is 2.69. The molecule has 0 radical (unpaired) electrons. The van der Waals surface area contributed by atoms with E-state index in [9.17, 15) is 0 Å². The first-order chi connectivity index (χ1) is 9.02. The molecule has 2 heterocycles. The van der Waals surface area contributed by atoms with E-state index >= 15 is 0 Å². The second kappa shape index (κ2) is 5.38. The van der Waals surface area contributed by atoms with Crippen molar-refractivity contribution >= 4 is 5.82 Å². The number of aryl methyl sites for hydroxylation is 2. The highest BCUT2D eigenvalue weighted by Gasteiger charge is 2.16. The molecular formula is C14H20N4O. The SMILES string of the molecule is CCNc1cc(C(C)C)nc(-c2c(C)noc2C)n1. The molecule has 0 fully saturated rings. The highest BCUT2D eigenvalue weighted by molar-refractivity contribution is 5.62. The van der Waals surface area contributed by atoms with Crippen LogP contribution in [0.25, 0.3) is 11.4 Å². The minimum Gasteiger partial charge on any atom is -0.370 e. The summed E-state index contributed by atoms with van der Waals surface area (Å²) in [6.07, 6.45) is 0. The largest absolute Gasteiger partial charge is 0.370 e. The monoisotopic (exact) mass is 260 g/mol. The molecule has 2 rings (SSSR count). The first-order valence-electron chi connectivity index (χ1n) is 6.59. The zero-order valence-corrected chi connectivity index (χ0v) is 12.1. The van der Waals surface area contributed by atoms with Crippen LogP contribution in [0.1, 0.15) is 43.8 Å². The Labute approximate surface area is 113 Å². The first-order valence-corrected chi connectivity index (χ1v) is 6.59. The van der Waals surface area contributed by atoms with Gasteiger partial charge in [-0.05, 0) is 26.7 Å². The Balaban J connectivity index is 2.56. The number of hydrogen-bond acceptors (Lipinski definition) is 5. The van der Waals surface area contributed by atoms with Crippen LogP contribution < -0.4 is 5.32 Å². The van der Waals surface area contributed by atoms with Crippen LogP contribution in [0.15, 0.2) is 10.6 Å². The van der Waals surface area contributed by atoms with Gasteiger partial charge in [-0.2, -0.15) is 0 Å². The highest BCUT2D eigenvalue weighted by Crippen LogP contribution is 2.26. The molecule has 0 saturated carbocycles. The van der Waals surface area contributed by atoms with Crippen LogP contribution in [0.2, 0.25) is 0 Å². The molecule has 0 saturated heterocycles. The van der Waals surface area contributed by atoms with Crippen molar-refractivity contribution in [3.63, 3.8) is 0 Å². The highest BCUT2D eigenvalue weighted by atomic mass is 16.5. The van der Waals surface area contributed by atoms with E-state index in [0.717, 1.165) is 35.1 Å². The van der Waals surface area contributed by atoms with Crippen LogP contribution in [-0.4, -0.2) is 21.7 Å². The molecule has 0 amide bonds. The molecule has 0 spiro atoms. The lowest BCUT2D eigenvalue weighted by molar-refractivity contribution is 0.393. The summed E-state index contributed by atoms with van der Waals surface area (Å²) < 4.78 is 5.20. The summed E-state index contributed by atoms with van der Waals surface area (Å²) in [6, 6.07) is 2.00. The predicted octanol–water partition coefficient (Wildman–Crippen LogP) is 3.30. The smallest absolute Gasteiger partial charge is 0.167 e. The summed E-state index contributed by atoms with van der Waals surface area (Å²) in [6.45, 7) is 10.9. The zero-order chi connectivity index (χ0) is 14.0. The lowest BCUT2D eigenvalue weighted by Crippen LogP contribution is -2.05. The molecule has 0 bridgehead atoms. The van der Waals surface area contributed by atoms with Gasteiger partial charge in [0.15, 0.2) is 5.82 Å². The lowest BCUT2D eigenvalue weighted by Gasteiger charge is -2.10. The van der Waals surface area contributed by atoms with Crippen LogP contribution in [0, 0.1) is 13.8 Å². The van der Waals surface area contributed by atoms with E-state index < -0.39 is 0 Å². The predicted molar refractivity (Wildman–Crippen MR) is 75.3 cm³/mol. The van der Waals surface area contributed by atoms with Gasteiger partial charge in [-0.3, -0.25) is 0 Å². The third-order valence-electron chi connectivity index (χ3n) is 2.95. The Morgan fingerprint density at radius 1 is 1.26 bits per heavy atom. The molecule has 0 atom stereocenters. The Kier molecular flexibility index (Phi) is 3.83. The topological polar surface area (TPSA) is 63.8 Å². The minimum absolute atomic E-state index is 0.347. The number of nitrogens with one attached hydrogen (secondary N) is 1. The minimum atomic E-state index is 0.347. The van der Waals surface area contributed by atoms with Crippen LogP contribution in [0.3, 0.4) is 0 Å². The van der Waals surface area contributed by atoms with Crippen LogP contribution in [0.5, 0.6) is 0 Å². The Bertz CT molecular complexity index is 555. The van der Waals surface area contributed by atoms with Crippen molar-refractivity contribution in [3.05, 3.63) is 23.2 Å². The van der Waals surface area contributed by atoms with Crippen molar-refractivity contribution in [2.45, 2.75) is 40.5 Å². The van der Waals surface area contributed by atoms with Gasteiger partial charge in [0.2, 0.25) is 0 Å². The van der Waals surface area contributed by atoms with Gasteiger partial charge in [-0.1, -0.05) is 19.0 Å². The maximum atomic E-state index is 5.20. The van der Waals surface area contributed by atoms with Crippen LogP contribution in [0.4, 0.5) is 5.82 Å². The van der Waals surface area contributed by atoms with E-state index in [1.807, 2.05) is 26.8 Å². The Morgan fingerprint density at radius 2 is 2.00 bits per heavy atom. The fraction of sp³-hybridized carbons (Fsp3) is 0.500. The third-order valence-corrected chi connectivity index (χ3v) is 2.95. The number of anilines is 1. The average molecular weight is 260 g/mol. The third kappa shape index (κ3) is 2.75. The summed E-state index contributed by atoms with van der Waals surface area (Å²) in [5.74, 6) is 2.62. The molecule has 0 aliphatic heterocycles. The van der Waals surface area contributed by atoms with Gasteiger partial charge in [0.25, 0.3) is 0 Å². The molecule has 0 aliphatic rings. The molecule has 0 unspecified atom stereocenters. The molecule has 19 heavy (non-hydrogen) atoms. The van der Waals surface area contributed by atoms with Crippen molar-refractivity contribution in [1.82, 2.24) is 15.1 Å². The Hall–Kier alpha value is -1.91. The summed E-state index contributed by atoms with van der Waals surface area (Å²) in [7, 11) is 0. The molecule has 5 heteroatoms. The second-order valence-corrected chi connectivity index (χ2v) is 4.89. The maximum absolute atomic E-state index is 5.20. The fourth-order valence-electron chi connectivity index (χ4n) is 1.95. The molecular weight excluding hydrogens is 240 g/mol. The summed E-state index contributed by atoms with van der Waals surface area (Å²) >= 11 is 0. The van der Waals surface area contributed by atoms with Gasteiger partial charge in [-0.25, -0.2) is 9.97 Å². The molecule has 5 nitrogen and oxygen atoms in total. The van der Waals surface area contributed by atoms with Crippen molar-refractivity contribution < 1.29 is 4.52 Å². The molecule has 2 aromatic rings. The molecule has 102 valence electrons. The molecule has 2 aromatic heterocycles. The van der Waals surface area contributed by atoms with Gasteiger partial charge < -0.3 is 9.84 Å². The van der Waals surface area contributed by atoms with E-state index in [2.05, 4.69) is 34.3 Å². The van der Waals surface area contributed by atoms with E-state index in [1.54, 1.807) is 0 Å². The second-order valence-electron chi connectivity index (χ2n) is 4.89. The summed E-state index contributed by atoms with van der Waals surface area (Å²) in [5, 5.41) is 7.21. The first kappa shape index (κ1) is 13.5. The quantitative estimate of drug-likeness (QED) is 0.913. The van der Waals surface area contributed by atoms with Crippen LogP contribution in [-0.2, 0) is 0 Å². The molecule has 0 aromatic carbocycles. The van der Waals surface area contributed by atoms with Crippen molar-refractivity contribution in [2.24, 2.45) is 0 Å². The van der Waals surface area contributed by atoms with Crippen LogP contribution >= 0.6 is 0 Å². The molecule has 1 N–H and O–H groups in total. The maximum Gasteiger partial charge on any atom is 0.167 e. The number of aromatic nitrogens is 3. The summed E-state index contributed by atoms with van der Waals surface area (Å²) in [5.41, 5.74) is 2.73. The van der Waals surface area contributed by atoms with E-state index in [4.69, 9.17) is 4.52 Å². The van der Waals surface area contributed by atoms with Gasteiger partial charge >= 0.3 is 0 Å². The van der Waals surface area contributed by atoms with Gasteiger partial charge in [0.05, 0.1) is 11.3 Å². The van der Waals surface area contributed by atoms with E-state index in [-0.39, 0.29) is 0 Å². The van der Waals surface area contributed by atoms with Crippen molar-refractivity contribution in [1.29, 1.82) is 0 Å². The Morgan fingerprint density at radius 3 is 2.53 bits per heavy atom. The lowest BCUT2D eigenvalue weighted by atomic mass is 10.1. The fourth-order valence-corrected chi connectivity index (χ4v) is 1.95. The standard InChI is InChI=1S/C14H20N4O/c1-6-15-12-7-11(8(2)3)16-14(17-12)13-9(4)18-19-10(13)5/h7-8H,6H2,1-5H3,(H,15,16,17). The van der Waals surface area contributed by atoms with E-state index in [1.165, 1.54) is 0 Å². The van der Waals surface area contributed by atoms with Gasteiger partial charge in [-0.15, -0.1) is 0 Å². The summed E-state index contributed by atoms with van der Waals surface area (Å²) in [4.78, 5) is 9.18. The van der Waals surface area contributed by atoms with Crippen molar-refractivity contribution in [2.75, 3.05) is 11.9 Å². The number of rotatable bonds is 4. The van der Waals surface area contributed by atoms with E-state index in [0.29, 0.717) is 11.7 Å². The van der Waals surface area contributed by atoms with Crippen molar-refractivity contribution in [3.8, 4) is 11.4 Å².